The van der Waals surface area contributed by atoms with Gasteiger partial charge in [0, 0.05) is 30.8 Å². The molecule has 15 heteroatoms. The molecule has 2 saturated heterocycles. The van der Waals surface area contributed by atoms with Gasteiger partial charge in [-0.05, 0) is 64.3 Å². The maximum absolute atomic E-state index is 14.8. The minimum Gasteiger partial charge on any atom is -0.497 e. The monoisotopic (exact) mass is 697 g/mol. The van der Waals surface area contributed by atoms with E-state index in [9.17, 15) is 17.6 Å². The molecule has 4 heterocycles. The van der Waals surface area contributed by atoms with Crippen molar-refractivity contribution in [3.8, 4) is 22.8 Å². The average Bonchev–Trinajstić information content (AvgIpc) is 3.52. The lowest BCUT2D eigenvalue weighted by molar-refractivity contribution is -0.0555. The van der Waals surface area contributed by atoms with Crippen molar-refractivity contribution in [1.82, 2.24) is 19.7 Å². The fourth-order valence-corrected chi connectivity index (χ4v) is 6.41. The zero-order valence-electron chi connectivity index (χ0n) is 27.8. The van der Waals surface area contributed by atoms with Crippen LogP contribution in [-0.2, 0) is 25.1 Å². The van der Waals surface area contributed by atoms with Crippen LogP contribution in [0.2, 0.25) is 0 Å². The Morgan fingerprint density at radius 3 is 2.57 bits per heavy atom. The lowest BCUT2D eigenvalue weighted by atomic mass is 10.1. The number of methoxy groups -OCH3 is 1. The molecule has 1 amide bonds. The molecule has 262 valence electrons. The predicted molar refractivity (Wildman–Crippen MR) is 180 cm³/mol. The highest BCUT2D eigenvalue weighted by Gasteiger charge is 2.29. The van der Waals surface area contributed by atoms with Crippen molar-refractivity contribution in [3.05, 3.63) is 60.5 Å². The minimum absolute atomic E-state index is 0.152. The SMILES string of the molecule is COc1ccc(F)c(N(c2ccc(-c3cc(OCC4CN(C(=O)OC(C)(C)C)CCO4)c4cnn(C5CCCCO5)c4n3)cc2)[SH](=O)=O)c1. The van der Waals surface area contributed by atoms with Crippen LogP contribution >= 0.6 is 0 Å². The summed E-state index contributed by atoms with van der Waals surface area (Å²) in [5.74, 6) is 0.105. The lowest BCUT2D eigenvalue weighted by Crippen LogP contribution is -2.49. The van der Waals surface area contributed by atoms with E-state index in [1.165, 1.54) is 19.2 Å². The smallest absolute Gasteiger partial charge is 0.410 e. The number of anilines is 2. The third-order valence-corrected chi connectivity index (χ3v) is 8.90. The van der Waals surface area contributed by atoms with Crippen molar-refractivity contribution < 1.29 is 41.3 Å². The van der Waals surface area contributed by atoms with Gasteiger partial charge in [0.25, 0.3) is 0 Å². The van der Waals surface area contributed by atoms with Gasteiger partial charge in [-0.2, -0.15) is 5.10 Å². The second kappa shape index (κ2) is 14.6. The number of carbonyl (C=O) groups is 1. The number of benzene rings is 2. The van der Waals surface area contributed by atoms with E-state index in [4.69, 9.17) is 28.7 Å². The predicted octanol–water partition coefficient (Wildman–Crippen LogP) is 5.62. The number of nitrogens with zero attached hydrogens (tertiary/aromatic N) is 5. The van der Waals surface area contributed by atoms with Crippen LogP contribution in [0.25, 0.3) is 22.3 Å². The maximum Gasteiger partial charge on any atom is 0.410 e. The topological polar surface area (TPSA) is 135 Å². The fraction of sp³-hybridized carbons (Fsp3) is 0.441. The molecule has 49 heavy (non-hydrogen) atoms. The summed E-state index contributed by atoms with van der Waals surface area (Å²) in [5.41, 5.74) is 1.21. The highest BCUT2D eigenvalue weighted by atomic mass is 32.2. The Labute approximate surface area is 285 Å². The Morgan fingerprint density at radius 1 is 1.08 bits per heavy atom. The lowest BCUT2D eigenvalue weighted by Gasteiger charge is -2.34. The van der Waals surface area contributed by atoms with Crippen molar-refractivity contribution in [2.75, 3.05) is 44.3 Å². The molecule has 0 saturated carbocycles. The van der Waals surface area contributed by atoms with Gasteiger partial charge in [0.15, 0.2) is 11.9 Å². The third kappa shape index (κ3) is 7.89. The van der Waals surface area contributed by atoms with E-state index in [-0.39, 0.29) is 24.2 Å². The second-order valence-electron chi connectivity index (χ2n) is 12.8. The van der Waals surface area contributed by atoms with Crippen LogP contribution in [0, 0.1) is 5.82 Å². The minimum atomic E-state index is -3.24. The first-order valence-corrected chi connectivity index (χ1v) is 17.2. The quantitative estimate of drug-likeness (QED) is 0.220. The Kier molecular flexibility index (Phi) is 10.2. The first-order chi connectivity index (χ1) is 23.5. The summed E-state index contributed by atoms with van der Waals surface area (Å²) in [7, 11) is -1.82. The van der Waals surface area contributed by atoms with Crippen LogP contribution in [0.1, 0.15) is 46.3 Å². The third-order valence-electron chi connectivity index (χ3n) is 8.12. The highest BCUT2D eigenvalue weighted by molar-refractivity contribution is 7.74. The molecule has 0 radical (unpaired) electrons. The Morgan fingerprint density at radius 2 is 1.88 bits per heavy atom. The van der Waals surface area contributed by atoms with Crippen molar-refractivity contribution in [3.63, 3.8) is 0 Å². The number of hydrogen-bond donors (Lipinski definition) is 1. The Hall–Kier alpha value is -4.47. The van der Waals surface area contributed by atoms with Crippen LogP contribution in [-0.4, -0.2) is 85.9 Å². The molecule has 2 aromatic heterocycles. The summed E-state index contributed by atoms with van der Waals surface area (Å²) in [6.45, 7) is 7.32. The molecule has 2 aliphatic rings. The van der Waals surface area contributed by atoms with E-state index in [0.717, 1.165) is 29.6 Å². The largest absolute Gasteiger partial charge is 0.497 e. The van der Waals surface area contributed by atoms with Crippen molar-refractivity contribution in [2.45, 2.75) is 58.0 Å². The summed E-state index contributed by atoms with van der Waals surface area (Å²) in [5, 5.41) is 5.30. The van der Waals surface area contributed by atoms with Gasteiger partial charge in [-0.1, -0.05) is 12.1 Å². The number of thiol groups is 1. The van der Waals surface area contributed by atoms with E-state index in [2.05, 4.69) is 5.10 Å². The van der Waals surface area contributed by atoms with E-state index in [1.54, 1.807) is 46.1 Å². The summed E-state index contributed by atoms with van der Waals surface area (Å²) >= 11 is 0. The molecule has 2 unspecified atom stereocenters. The van der Waals surface area contributed by atoms with Crippen LogP contribution in [0.3, 0.4) is 0 Å². The first kappa shape index (κ1) is 34.4. The number of halogens is 1. The second-order valence-corrected chi connectivity index (χ2v) is 13.7. The molecule has 0 bridgehead atoms. The average molecular weight is 698 g/mol. The van der Waals surface area contributed by atoms with Gasteiger partial charge in [-0.25, -0.2) is 31.6 Å². The molecule has 0 spiro atoms. The normalized spacial score (nSPS) is 18.4. The number of carbonyl (C=O) groups excluding carboxylic acids is 1. The zero-order chi connectivity index (χ0) is 34.7. The summed E-state index contributed by atoms with van der Waals surface area (Å²) in [4.78, 5) is 19.3. The van der Waals surface area contributed by atoms with E-state index < -0.39 is 34.5 Å². The molecular weight excluding hydrogens is 657 g/mol. The van der Waals surface area contributed by atoms with Gasteiger partial charge in [0.1, 0.15) is 35.6 Å². The number of pyridine rings is 1. The summed E-state index contributed by atoms with van der Waals surface area (Å²) < 4.78 is 71.2. The maximum atomic E-state index is 14.8. The number of aromatic nitrogens is 3. The van der Waals surface area contributed by atoms with Crippen LogP contribution < -0.4 is 13.8 Å². The molecular formula is C34H40FN5O8S. The molecule has 2 aliphatic heterocycles. The molecule has 6 rings (SSSR count). The fourth-order valence-electron chi connectivity index (χ4n) is 5.76. The van der Waals surface area contributed by atoms with E-state index in [1.807, 2.05) is 20.8 Å². The number of fused-ring (bicyclic) bond motifs is 1. The first-order valence-electron chi connectivity index (χ1n) is 16.1. The Bertz CT molecular complexity index is 1860. The van der Waals surface area contributed by atoms with Crippen molar-refractivity contribution in [2.24, 2.45) is 0 Å². The zero-order valence-corrected chi connectivity index (χ0v) is 28.7. The molecule has 0 aliphatic carbocycles. The molecule has 2 aromatic carbocycles. The molecule has 0 N–H and O–H groups in total. The van der Waals surface area contributed by atoms with Gasteiger partial charge >= 0.3 is 6.09 Å². The van der Waals surface area contributed by atoms with Gasteiger partial charge in [0.05, 0.1) is 48.9 Å². The molecule has 2 atom stereocenters. The molecule has 13 nitrogen and oxygen atoms in total. The number of morpholine rings is 1. The van der Waals surface area contributed by atoms with E-state index in [0.29, 0.717) is 60.1 Å². The van der Waals surface area contributed by atoms with Crippen molar-refractivity contribution in [1.29, 1.82) is 0 Å². The number of rotatable bonds is 9. The van der Waals surface area contributed by atoms with Gasteiger partial charge in [0.2, 0.25) is 10.9 Å². The molecule has 2 fully saturated rings. The highest BCUT2D eigenvalue weighted by Crippen LogP contribution is 2.36. The molecule has 4 aromatic rings. The van der Waals surface area contributed by atoms with Crippen LogP contribution in [0.15, 0.2) is 54.7 Å². The van der Waals surface area contributed by atoms with Crippen molar-refractivity contribution >= 4 is 39.4 Å². The number of hydrogen-bond acceptors (Lipinski definition) is 10. The van der Waals surface area contributed by atoms with Crippen LogP contribution in [0.5, 0.6) is 11.5 Å². The summed E-state index contributed by atoms with van der Waals surface area (Å²) in [6.07, 6.45) is 3.37. The van der Waals surface area contributed by atoms with Gasteiger partial charge < -0.3 is 28.6 Å². The van der Waals surface area contributed by atoms with E-state index >= 15 is 0 Å². The number of ether oxygens (including phenoxy) is 5. The summed E-state index contributed by atoms with van der Waals surface area (Å²) in [6, 6.07) is 12.2. The number of amides is 1. The van der Waals surface area contributed by atoms with Gasteiger partial charge in [-0.3, -0.25) is 0 Å². The van der Waals surface area contributed by atoms with Gasteiger partial charge in [-0.15, -0.1) is 0 Å². The Balaban J connectivity index is 1.30. The van der Waals surface area contributed by atoms with Crippen LogP contribution in [0.4, 0.5) is 20.6 Å². The standard InChI is InChI=1S/C34H40FN5O8S/c1-34(2,3)48-33(41)38-14-16-45-25(20-38)21-47-30-18-28(37-32-26(30)19-36-39(32)31-7-5-6-15-46-31)22-8-10-23(11-9-22)40(49(42)43)29-17-24(44-4)12-13-27(29)35/h8-13,17-19,25,31,49H,5-7,14-16,20-21H2,1-4H3.